The van der Waals surface area contributed by atoms with Crippen molar-refractivity contribution in [2.75, 3.05) is 13.2 Å². The van der Waals surface area contributed by atoms with E-state index in [4.69, 9.17) is 14.6 Å². The summed E-state index contributed by atoms with van der Waals surface area (Å²) >= 11 is 0. The molecule has 1 fully saturated rings. The second kappa shape index (κ2) is 7.64. The summed E-state index contributed by atoms with van der Waals surface area (Å²) in [5.74, 6) is -1.17. The van der Waals surface area contributed by atoms with Crippen molar-refractivity contribution < 1.29 is 24.2 Å². The molecule has 1 aliphatic heterocycles. The lowest BCUT2D eigenvalue weighted by atomic mass is 10.4. The van der Waals surface area contributed by atoms with E-state index in [0.717, 1.165) is 6.61 Å². The zero-order valence-corrected chi connectivity index (χ0v) is 9.27. The zero-order chi connectivity index (χ0) is 12.6. The number of rotatable bonds is 5. The van der Waals surface area contributed by atoms with Gasteiger partial charge in [0.1, 0.15) is 12.7 Å². The Balaban J connectivity index is 0.000000325. The number of hydrogen-bond acceptors (Lipinski definition) is 4. The Kier molecular flexibility index (Phi) is 6.87. The second-order valence-corrected chi connectivity index (χ2v) is 3.22. The summed E-state index contributed by atoms with van der Waals surface area (Å²) in [6.07, 6.45) is 1.97. The molecule has 90 valence electrons. The molecule has 1 rings (SSSR count). The van der Waals surface area contributed by atoms with Crippen LogP contribution in [0.2, 0.25) is 0 Å². The average molecular weight is 228 g/mol. The van der Waals surface area contributed by atoms with Gasteiger partial charge in [0, 0.05) is 5.57 Å². The van der Waals surface area contributed by atoms with Gasteiger partial charge in [0.15, 0.2) is 0 Å². The fraction of sp³-hybridized carbons (Fsp3) is 0.455. The van der Waals surface area contributed by atoms with Crippen molar-refractivity contribution in [3.05, 3.63) is 24.8 Å². The number of epoxide rings is 1. The van der Waals surface area contributed by atoms with Crippen molar-refractivity contribution in [1.82, 2.24) is 0 Å². The molecule has 0 radical (unpaired) electrons. The topological polar surface area (TPSA) is 76.1 Å². The van der Waals surface area contributed by atoms with Gasteiger partial charge in [0.05, 0.1) is 13.0 Å². The molecule has 1 N–H and O–H groups in total. The first kappa shape index (κ1) is 14.4. The lowest BCUT2D eigenvalue weighted by molar-refractivity contribution is -0.143. The van der Waals surface area contributed by atoms with Crippen molar-refractivity contribution in [3.63, 3.8) is 0 Å². The summed E-state index contributed by atoms with van der Waals surface area (Å²) in [6.45, 7) is 9.13. The van der Waals surface area contributed by atoms with E-state index >= 15 is 0 Å². The lowest BCUT2D eigenvalue weighted by Gasteiger charge is -1.97. The van der Waals surface area contributed by atoms with E-state index in [1.807, 2.05) is 0 Å². The van der Waals surface area contributed by atoms with Crippen LogP contribution in [0.3, 0.4) is 0 Å². The van der Waals surface area contributed by atoms with Crippen LogP contribution in [0.1, 0.15) is 13.3 Å². The average Bonchev–Trinajstić information content (AvgIpc) is 2.99. The number of hydrogen-bond donors (Lipinski definition) is 1. The third kappa shape index (κ3) is 8.96. The SMILES string of the molecule is C=C(C)C(=O)O.C=CCC(=O)OCC1CO1. The summed E-state index contributed by atoms with van der Waals surface area (Å²) in [4.78, 5) is 20.2. The van der Waals surface area contributed by atoms with Gasteiger partial charge in [-0.15, -0.1) is 6.58 Å². The van der Waals surface area contributed by atoms with Gasteiger partial charge < -0.3 is 14.6 Å². The molecule has 0 spiro atoms. The highest BCUT2D eigenvalue weighted by Crippen LogP contribution is 2.08. The van der Waals surface area contributed by atoms with Crippen molar-refractivity contribution >= 4 is 11.9 Å². The van der Waals surface area contributed by atoms with Gasteiger partial charge in [-0.25, -0.2) is 4.79 Å². The number of carbonyl (C=O) groups is 2. The molecule has 1 unspecified atom stereocenters. The van der Waals surface area contributed by atoms with E-state index < -0.39 is 5.97 Å². The summed E-state index contributed by atoms with van der Waals surface area (Å²) in [5.41, 5.74) is 0.176. The molecule has 16 heavy (non-hydrogen) atoms. The number of carbonyl (C=O) groups excluding carboxylic acids is 1. The minimum atomic E-state index is -0.935. The number of esters is 1. The first-order valence-corrected chi connectivity index (χ1v) is 4.74. The van der Waals surface area contributed by atoms with E-state index in [-0.39, 0.29) is 24.1 Å². The smallest absolute Gasteiger partial charge is 0.330 e. The van der Waals surface area contributed by atoms with Crippen molar-refractivity contribution in [3.8, 4) is 0 Å². The van der Waals surface area contributed by atoms with Gasteiger partial charge in [0.25, 0.3) is 0 Å². The van der Waals surface area contributed by atoms with Crippen LogP contribution in [0.25, 0.3) is 0 Å². The third-order valence-electron chi connectivity index (χ3n) is 1.51. The maximum Gasteiger partial charge on any atom is 0.330 e. The Hall–Kier alpha value is -1.62. The fourth-order valence-corrected chi connectivity index (χ4v) is 0.527. The standard InChI is InChI=1S/C7H10O3.C4H6O2/c1-2-3-7(8)10-5-6-4-9-6;1-3(2)4(5)6/h2,6H,1,3-5H2;1H2,2H3,(H,5,6). The van der Waals surface area contributed by atoms with Crippen LogP contribution in [0.5, 0.6) is 0 Å². The highest BCUT2D eigenvalue weighted by molar-refractivity contribution is 5.84. The normalized spacial score (nSPS) is 16.4. The van der Waals surface area contributed by atoms with Crippen molar-refractivity contribution in [1.29, 1.82) is 0 Å². The van der Waals surface area contributed by atoms with Crippen LogP contribution in [-0.2, 0) is 19.1 Å². The Bertz CT molecular complexity index is 266. The predicted molar refractivity (Wildman–Crippen MR) is 58.0 cm³/mol. The molecule has 0 saturated carbocycles. The minimum Gasteiger partial charge on any atom is -0.478 e. The monoisotopic (exact) mass is 228 g/mol. The van der Waals surface area contributed by atoms with Gasteiger partial charge in [-0.1, -0.05) is 12.7 Å². The molecule has 1 heterocycles. The van der Waals surface area contributed by atoms with E-state index in [2.05, 4.69) is 13.2 Å². The molecule has 0 aliphatic carbocycles. The summed E-state index contributed by atoms with van der Waals surface area (Å²) in [7, 11) is 0. The Labute approximate surface area is 94.4 Å². The molecule has 0 aromatic heterocycles. The van der Waals surface area contributed by atoms with Gasteiger partial charge in [-0.05, 0) is 6.92 Å². The maximum absolute atomic E-state index is 10.6. The molecular weight excluding hydrogens is 212 g/mol. The van der Waals surface area contributed by atoms with Crippen LogP contribution < -0.4 is 0 Å². The largest absolute Gasteiger partial charge is 0.478 e. The van der Waals surface area contributed by atoms with Crippen LogP contribution >= 0.6 is 0 Å². The van der Waals surface area contributed by atoms with E-state index in [9.17, 15) is 9.59 Å². The predicted octanol–water partition coefficient (Wildman–Crippen LogP) is 1.15. The summed E-state index contributed by atoms with van der Waals surface area (Å²) in [5, 5.41) is 7.89. The highest BCUT2D eigenvalue weighted by atomic mass is 16.6. The lowest BCUT2D eigenvalue weighted by Crippen LogP contribution is -2.08. The van der Waals surface area contributed by atoms with Crippen LogP contribution in [0.15, 0.2) is 24.8 Å². The molecular formula is C11H16O5. The maximum atomic E-state index is 10.6. The summed E-state index contributed by atoms with van der Waals surface area (Å²) < 4.78 is 9.61. The van der Waals surface area contributed by atoms with Gasteiger partial charge in [0.2, 0.25) is 0 Å². The zero-order valence-electron chi connectivity index (χ0n) is 9.27. The van der Waals surface area contributed by atoms with Gasteiger partial charge in [-0.3, -0.25) is 4.79 Å². The van der Waals surface area contributed by atoms with Crippen LogP contribution in [-0.4, -0.2) is 36.4 Å². The molecule has 5 heteroatoms. The minimum absolute atomic E-state index is 0.161. The molecule has 0 amide bonds. The number of ether oxygens (including phenoxy) is 2. The first-order valence-electron chi connectivity index (χ1n) is 4.74. The second-order valence-electron chi connectivity index (χ2n) is 3.22. The van der Waals surface area contributed by atoms with Crippen LogP contribution in [0, 0.1) is 0 Å². The summed E-state index contributed by atoms with van der Waals surface area (Å²) in [6, 6.07) is 0. The molecule has 1 aliphatic rings. The molecule has 1 saturated heterocycles. The van der Waals surface area contributed by atoms with Crippen molar-refractivity contribution in [2.45, 2.75) is 19.4 Å². The molecule has 5 nitrogen and oxygen atoms in total. The van der Waals surface area contributed by atoms with Gasteiger partial charge >= 0.3 is 11.9 Å². The molecule has 0 bridgehead atoms. The Morgan fingerprint density at radius 3 is 2.44 bits per heavy atom. The Morgan fingerprint density at radius 2 is 2.12 bits per heavy atom. The van der Waals surface area contributed by atoms with Gasteiger partial charge in [-0.2, -0.15) is 0 Å². The molecule has 1 atom stereocenters. The van der Waals surface area contributed by atoms with Crippen LogP contribution in [0.4, 0.5) is 0 Å². The highest BCUT2D eigenvalue weighted by Gasteiger charge is 2.23. The van der Waals surface area contributed by atoms with E-state index in [0.29, 0.717) is 6.61 Å². The number of carboxylic acid groups (broad SMARTS) is 1. The fourth-order valence-electron chi connectivity index (χ4n) is 0.527. The molecule has 0 aromatic carbocycles. The quantitative estimate of drug-likeness (QED) is 0.330. The number of carboxylic acids is 1. The first-order chi connectivity index (χ1) is 7.47. The Morgan fingerprint density at radius 1 is 1.62 bits per heavy atom. The number of aliphatic carboxylic acids is 1. The third-order valence-corrected chi connectivity index (χ3v) is 1.51. The molecule has 0 aromatic rings. The van der Waals surface area contributed by atoms with E-state index in [1.165, 1.54) is 13.0 Å². The van der Waals surface area contributed by atoms with Crippen molar-refractivity contribution in [2.24, 2.45) is 0 Å². The van der Waals surface area contributed by atoms with E-state index in [1.54, 1.807) is 0 Å².